The molecule has 3 aromatic rings. The summed E-state index contributed by atoms with van der Waals surface area (Å²) in [6.45, 7) is 0. The Hall–Kier alpha value is -2.24. The average Bonchev–Trinajstić information content (AvgIpc) is 3.12. The van der Waals surface area contributed by atoms with Crippen molar-refractivity contribution in [3.05, 3.63) is 53.5 Å². The molecular formula is C20H20N2O2S. The lowest BCUT2D eigenvalue weighted by atomic mass is 9.93. The standard InChI is InChI=1S/C20H20N2O2S/c23-16-7-5-15(6-8-16)22-20(24)14-3-1-13(2-4-14)19-17-10-12-25-18(17)9-11-21-19/h1-4,9-12,15-16,23H,5-8H2,(H,22,24)/t15-,16-. The summed E-state index contributed by atoms with van der Waals surface area (Å²) in [5.41, 5.74) is 2.63. The summed E-state index contributed by atoms with van der Waals surface area (Å²) in [6.07, 6.45) is 4.83. The quantitative estimate of drug-likeness (QED) is 0.749. The van der Waals surface area contributed by atoms with Gasteiger partial charge in [-0.15, -0.1) is 11.3 Å². The number of rotatable bonds is 3. The minimum atomic E-state index is -0.209. The van der Waals surface area contributed by atoms with E-state index in [1.54, 1.807) is 11.3 Å². The zero-order chi connectivity index (χ0) is 17.2. The molecule has 128 valence electrons. The van der Waals surface area contributed by atoms with Gasteiger partial charge in [-0.05, 0) is 55.3 Å². The number of nitrogens with one attached hydrogen (secondary N) is 1. The maximum absolute atomic E-state index is 12.4. The molecule has 2 N–H and O–H groups in total. The number of thiophene rings is 1. The van der Waals surface area contributed by atoms with Crippen LogP contribution >= 0.6 is 11.3 Å². The Bertz CT molecular complexity index is 880. The molecule has 0 atom stereocenters. The molecule has 1 fully saturated rings. The van der Waals surface area contributed by atoms with Crippen LogP contribution in [0.2, 0.25) is 0 Å². The third-order valence-corrected chi connectivity index (χ3v) is 5.71. The fourth-order valence-corrected chi connectivity index (χ4v) is 4.17. The number of benzene rings is 1. The zero-order valence-corrected chi connectivity index (χ0v) is 14.6. The van der Waals surface area contributed by atoms with Gasteiger partial charge in [0.05, 0.1) is 11.8 Å². The van der Waals surface area contributed by atoms with Gasteiger partial charge in [-0.1, -0.05) is 12.1 Å². The molecule has 1 aromatic carbocycles. The first kappa shape index (κ1) is 16.2. The van der Waals surface area contributed by atoms with E-state index in [9.17, 15) is 9.90 Å². The molecule has 4 nitrogen and oxygen atoms in total. The fraction of sp³-hybridized carbons (Fsp3) is 0.300. The molecule has 1 saturated carbocycles. The number of hydrogen-bond acceptors (Lipinski definition) is 4. The summed E-state index contributed by atoms with van der Waals surface area (Å²) in [5.74, 6) is -0.0466. The highest BCUT2D eigenvalue weighted by Gasteiger charge is 2.21. The number of carbonyl (C=O) groups excluding carboxylic acids is 1. The molecule has 5 heteroatoms. The number of aromatic nitrogens is 1. The van der Waals surface area contributed by atoms with Crippen LogP contribution < -0.4 is 5.32 Å². The highest BCUT2D eigenvalue weighted by molar-refractivity contribution is 7.17. The Morgan fingerprint density at radius 2 is 1.84 bits per heavy atom. The lowest BCUT2D eigenvalue weighted by molar-refractivity contribution is 0.0867. The summed E-state index contributed by atoms with van der Waals surface area (Å²) in [6, 6.07) is 11.9. The van der Waals surface area contributed by atoms with Gasteiger partial charge in [-0.3, -0.25) is 9.78 Å². The van der Waals surface area contributed by atoms with Crippen LogP contribution in [-0.4, -0.2) is 28.1 Å². The van der Waals surface area contributed by atoms with Gasteiger partial charge in [0, 0.05) is 33.5 Å². The maximum atomic E-state index is 12.4. The van der Waals surface area contributed by atoms with Crippen molar-refractivity contribution in [1.29, 1.82) is 0 Å². The van der Waals surface area contributed by atoms with E-state index in [1.807, 2.05) is 36.5 Å². The molecule has 0 saturated heterocycles. The molecule has 0 radical (unpaired) electrons. The number of amides is 1. The number of pyridine rings is 1. The summed E-state index contributed by atoms with van der Waals surface area (Å²) in [7, 11) is 0. The first-order valence-electron chi connectivity index (χ1n) is 8.62. The minimum absolute atomic E-state index is 0.0466. The van der Waals surface area contributed by atoms with E-state index < -0.39 is 0 Å². The second kappa shape index (κ2) is 6.94. The topological polar surface area (TPSA) is 62.2 Å². The molecule has 0 spiro atoms. The lowest BCUT2D eigenvalue weighted by Gasteiger charge is -2.26. The van der Waals surface area contributed by atoms with Crippen molar-refractivity contribution in [3.63, 3.8) is 0 Å². The van der Waals surface area contributed by atoms with Crippen LogP contribution in [0.25, 0.3) is 21.3 Å². The van der Waals surface area contributed by atoms with Crippen LogP contribution in [0.4, 0.5) is 0 Å². The third kappa shape index (κ3) is 3.43. The van der Waals surface area contributed by atoms with Crippen molar-refractivity contribution in [2.45, 2.75) is 37.8 Å². The first-order chi connectivity index (χ1) is 12.2. The van der Waals surface area contributed by atoms with Crippen LogP contribution in [0, 0.1) is 0 Å². The van der Waals surface area contributed by atoms with Crippen molar-refractivity contribution in [3.8, 4) is 11.3 Å². The molecule has 4 rings (SSSR count). The molecular weight excluding hydrogens is 332 g/mol. The number of fused-ring (bicyclic) bond motifs is 1. The monoisotopic (exact) mass is 352 g/mol. The molecule has 1 amide bonds. The van der Waals surface area contributed by atoms with Gasteiger partial charge in [0.25, 0.3) is 5.91 Å². The second-order valence-electron chi connectivity index (χ2n) is 6.55. The number of carbonyl (C=O) groups is 1. The van der Waals surface area contributed by atoms with Crippen molar-refractivity contribution < 1.29 is 9.90 Å². The van der Waals surface area contributed by atoms with Crippen molar-refractivity contribution in [2.24, 2.45) is 0 Å². The van der Waals surface area contributed by atoms with E-state index in [2.05, 4.69) is 21.7 Å². The van der Waals surface area contributed by atoms with Crippen LogP contribution in [-0.2, 0) is 0 Å². The summed E-state index contributed by atoms with van der Waals surface area (Å²) in [5, 5.41) is 15.8. The summed E-state index contributed by atoms with van der Waals surface area (Å²) < 4.78 is 1.21. The van der Waals surface area contributed by atoms with Gasteiger partial charge in [-0.2, -0.15) is 0 Å². The van der Waals surface area contributed by atoms with Crippen LogP contribution in [0.5, 0.6) is 0 Å². The van der Waals surface area contributed by atoms with E-state index in [-0.39, 0.29) is 18.1 Å². The van der Waals surface area contributed by atoms with Gasteiger partial charge in [0.15, 0.2) is 0 Å². The largest absolute Gasteiger partial charge is 0.393 e. The zero-order valence-electron chi connectivity index (χ0n) is 13.8. The summed E-state index contributed by atoms with van der Waals surface area (Å²) in [4.78, 5) is 16.9. The average molecular weight is 352 g/mol. The summed E-state index contributed by atoms with van der Waals surface area (Å²) >= 11 is 1.70. The Kier molecular flexibility index (Phi) is 4.51. The Balaban J connectivity index is 1.50. The predicted molar refractivity (Wildman–Crippen MR) is 101 cm³/mol. The molecule has 2 aromatic heterocycles. The predicted octanol–water partition coefficient (Wildman–Crippen LogP) is 4.00. The normalized spacial score (nSPS) is 20.5. The van der Waals surface area contributed by atoms with E-state index in [4.69, 9.17) is 0 Å². The van der Waals surface area contributed by atoms with E-state index in [0.717, 1.165) is 42.3 Å². The van der Waals surface area contributed by atoms with Gasteiger partial charge in [0.1, 0.15) is 0 Å². The smallest absolute Gasteiger partial charge is 0.251 e. The van der Waals surface area contributed by atoms with E-state index >= 15 is 0 Å². The molecule has 1 aliphatic rings. The van der Waals surface area contributed by atoms with Crippen LogP contribution in [0.15, 0.2) is 48.0 Å². The van der Waals surface area contributed by atoms with Gasteiger partial charge < -0.3 is 10.4 Å². The van der Waals surface area contributed by atoms with Gasteiger partial charge in [-0.25, -0.2) is 0 Å². The van der Waals surface area contributed by atoms with Crippen molar-refractivity contribution >= 4 is 27.3 Å². The van der Waals surface area contributed by atoms with E-state index in [0.29, 0.717) is 5.56 Å². The molecule has 2 heterocycles. The van der Waals surface area contributed by atoms with Crippen molar-refractivity contribution in [2.75, 3.05) is 0 Å². The molecule has 0 aliphatic heterocycles. The number of aliphatic hydroxyl groups excluding tert-OH is 1. The minimum Gasteiger partial charge on any atom is -0.393 e. The molecule has 25 heavy (non-hydrogen) atoms. The Morgan fingerprint density at radius 3 is 2.60 bits per heavy atom. The highest BCUT2D eigenvalue weighted by Crippen LogP contribution is 2.29. The SMILES string of the molecule is O=C(N[C@H]1CC[C@H](O)CC1)c1ccc(-c2nccc3sccc23)cc1. The van der Waals surface area contributed by atoms with Crippen molar-refractivity contribution in [1.82, 2.24) is 10.3 Å². The molecule has 1 aliphatic carbocycles. The number of nitrogens with zero attached hydrogens (tertiary/aromatic N) is 1. The molecule has 0 bridgehead atoms. The highest BCUT2D eigenvalue weighted by atomic mass is 32.1. The van der Waals surface area contributed by atoms with Crippen LogP contribution in [0.3, 0.4) is 0 Å². The number of hydrogen-bond donors (Lipinski definition) is 2. The van der Waals surface area contributed by atoms with E-state index in [1.165, 1.54) is 4.70 Å². The second-order valence-corrected chi connectivity index (χ2v) is 7.50. The fourth-order valence-electron chi connectivity index (χ4n) is 3.39. The van der Waals surface area contributed by atoms with Gasteiger partial charge >= 0.3 is 0 Å². The van der Waals surface area contributed by atoms with Gasteiger partial charge in [0.2, 0.25) is 0 Å². The molecule has 0 unspecified atom stereocenters. The third-order valence-electron chi connectivity index (χ3n) is 4.83. The Morgan fingerprint density at radius 1 is 1.08 bits per heavy atom. The Labute approximate surface area is 150 Å². The maximum Gasteiger partial charge on any atom is 0.251 e. The van der Waals surface area contributed by atoms with Crippen LogP contribution in [0.1, 0.15) is 36.0 Å². The number of aliphatic hydroxyl groups is 1. The first-order valence-corrected chi connectivity index (χ1v) is 9.50. The lowest BCUT2D eigenvalue weighted by Crippen LogP contribution is -2.38.